The first kappa shape index (κ1) is 14.8. The number of hydrogen-bond donors (Lipinski definition) is 1. The molecule has 0 aliphatic rings. The molecule has 1 unspecified atom stereocenters. The summed E-state index contributed by atoms with van der Waals surface area (Å²) in [6.07, 6.45) is 2.19. The van der Waals surface area contributed by atoms with Gasteiger partial charge in [0.2, 0.25) is 0 Å². The van der Waals surface area contributed by atoms with Crippen LogP contribution in [0.5, 0.6) is 11.5 Å². The molecule has 0 aliphatic heterocycles. The van der Waals surface area contributed by atoms with Crippen LogP contribution in [0.2, 0.25) is 0 Å². The maximum atomic E-state index is 5.54. The Morgan fingerprint density at radius 2 is 1.94 bits per heavy atom. The molecule has 1 rings (SSSR count). The van der Waals surface area contributed by atoms with Crippen LogP contribution in [0.1, 0.15) is 24.5 Å². The van der Waals surface area contributed by atoms with E-state index in [1.54, 1.807) is 14.2 Å². The Kier molecular flexibility index (Phi) is 5.99. The molecule has 0 aliphatic carbocycles. The highest BCUT2D eigenvalue weighted by Crippen LogP contribution is 2.32. The summed E-state index contributed by atoms with van der Waals surface area (Å²) in [6, 6.07) is 4.14. The molecule has 102 valence electrons. The lowest BCUT2D eigenvalue weighted by Crippen LogP contribution is -2.20. The number of methoxy groups -OCH3 is 2. The van der Waals surface area contributed by atoms with Crippen molar-refractivity contribution in [2.24, 2.45) is 5.92 Å². The molecule has 0 spiro atoms. The molecule has 3 heteroatoms. The maximum Gasteiger partial charge on any atom is 0.128 e. The van der Waals surface area contributed by atoms with Crippen LogP contribution in [0.4, 0.5) is 0 Å². The van der Waals surface area contributed by atoms with E-state index in [0.717, 1.165) is 36.4 Å². The van der Waals surface area contributed by atoms with E-state index in [0.29, 0.717) is 5.92 Å². The standard InChI is InChI=1S/C15H25NO2/c1-6-12(10-16-3)9-13-7-8-14(17-4)11(2)15(13)18-5/h7-8,12,16H,6,9-10H2,1-5H3. The van der Waals surface area contributed by atoms with Crippen LogP contribution in [-0.2, 0) is 6.42 Å². The van der Waals surface area contributed by atoms with E-state index >= 15 is 0 Å². The fraction of sp³-hybridized carbons (Fsp3) is 0.600. The third-order valence-corrected chi connectivity index (χ3v) is 3.44. The monoisotopic (exact) mass is 251 g/mol. The lowest BCUT2D eigenvalue weighted by atomic mass is 9.94. The van der Waals surface area contributed by atoms with Gasteiger partial charge in [-0.15, -0.1) is 0 Å². The molecule has 0 bridgehead atoms. The first-order chi connectivity index (χ1) is 8.67. The van der Waals surface area contributed by atoms with Crippen molar-refractivity contribution in [2.45, 2.75) is 26.7 Å². The molecule has 1 aromatic rings. The van der Waals surface area contributed by atoms with E-state index in [1.165, 1.54) is 5.56 Å². The molecule has 0 aromatic heterocycles. The summed E-state index contributed by atoms with van der Waals surface area (Å²) in [4.78, 5) is 0. The molecule has 0 fully saturated rings. The molecule has 18 heavy (non-hydrogen) atoms. The summed E-state index contributed by atoms with van der Waals surface area (Å²) < 4.78 is 10.9. The first-order valence-electron chi connectivity index (χ1n) is 6.52. The zero-order valence-electron chi connectivity index (χ0n) is 12.2. The summed E-state index contributed by atoms with van der Waals surface area (Å²) in [6.45, 7) is 5.30. The lowest BCUT2D eigenvalue weighted by Gasteiger charge is -2.19. The van der Waals surface area contributed by atoms with Gasteiger partial charge in [0.25, 0.3) is 0 Å². The van der Waals surface area contributed by atoms with Gasteiger partial charge in [-0.3, -0.25) is 0 Å². The predicted octanol–water partition coefficient (Wildman–Crippen LogP) is 2.80. The van der Waals surface area contributed by atoms with E-state index in [9.17, 15) is 0 Å². The number of rotatable bonds is 7. The summed E-state index contributed by atoms with van der Waals surface area (Å²) in [7, 11) is 5.42. The van der Waals surface area contributed by atoms with E-state index in [4.69, 9.17) is 9.47 Å². The van der Waals surface area contributed by atoms with Crippen molar-refractivity contribution in [3.05, 3.63) is 23.3 Å². The van der Waals surface area contributed by atoms with Crippen LogP contribution >= 0.6 is 0 Å². The Bertz CT molecular complexity index is 377. The summed E-state index contributed by atoms with van der Waals surface area (Å²) in [5.41, 5.74) is 2.34. The fourth-order valence-corrected chi connectivity index (χ4v) is 2.36. The molecule has 0 amide bonds. The van der Waals surface area contributed by atoms with E-state index in [-0.39, 0.29) is 0 Å². The van der Waals surface area contributed by atoms with Crippen molar-refractivity contribution >= 4 is 0 Å². The number of nitrogens with one attached hydrogen (secondary N) is 1. The smallest absolute Gasteiger partial charge is 0.128 e. The molecule has 0 saturated heterocycles. The Morgan fingerprint density at radius 1 is 1.22 bits per heavy atom. The molecule has 0 heterocycles. The highest BCUT2D eigenvalue weighted by Gasteiger charge is 2.14. The lowest BCUT2D eigenvalue weighted by molar-refractivity contribution is 0.380. The van der Waals surface area contributed by atoms with E-state index < -0.39 is 0 Å². The Balaban J connectivity index is 2.98. The second-order valence-corrected chi connectivity index (χ2v) is 4.62. The van der Waals surface area contributed by atoms with Gasteiger partial charge in [0, 0.05) is 5.56 Å². The van der Waals surface area contributed by atoms with Crippen molar-refractivity contribution in [3.63, 3.8) is 0 Å². The predicted molar refractivity (Wildman–Crippen MR) is 75.7 cm³/mol. The van der Waals surface area contributed by atoms with Gasteiger partial charge < -0.3 is 14.8 Å². The third-order valence-electron chi connectivity index (χ3n) is 3.44. The van der Waals surface area contributed by atoms with Crippen LogP contribution in [-0.4, -0.2) is 27.8 Å². The Hall–Kier alpha value is -1.22. The van der Waals surface area contributed by atoms with Crippen LogP contribution in [0.3, 0.4) is 0 Å². The second-order valence-electron chi connectivity index (χ2n) is 4.62. The van der Waals surface area contributed by atoms with Crippen molar-refractivity contribution in [1.82, 2.24) is 5.32 Å². The fourth-order valence-electron chi connectivity index (χ4n) is 2.36. The van der Waals surface area contributed by atoms with Gasteiger partial charge in [0.15, 0.2) is 0 Å². The van der Waals surface area contributed by atoms with E-state index in [2.05, 4.69) is 18.3 Å². The average molecular weight is 251 g/mol. The van der Waals surface area contributed by atoms with Gasteiger partial charge in [-0.05, 0) is 44.5 Å². The van der Waals surface area contributed by atoms with Gasteiger partial charge in [0.1, 0.15) is 11.5 Å². The summed E-state index contributed by atoms with van der Waals surface area (Å²) in [5.74, 6) is 2.48. The highest BCUT2D eigenvalue weighted by molar-refractivity contribution is 5.49. The number of hydrogen-bond acceptors (Lipinski definition) is 3. The molecule has 3 nitrogen and oxygen atoms in total. The summed E-state index contributed by atoms with van der Waals surface area (Å²) in [5, 5.41) is 3.25. The molecule has 1 atom stereocenters. The quantitative estimate of drug-likeness (QED) is 0.808. The number of ether oxygens (including phenoxy) is 2. The normalized spacial score (nSPS) is 12.3. The van der Waals surface area contributed by atoms with Crippen molar-refractivity contribution in [2.75, 3.05) is 27.8 Å². The van der Waals surface area contributed by atoms with E-state index in [1.807, 2.05) is 20.0 Å². The van der Waals surface area contributed by atoms with Crippen molar-refractivity contribution in [1.29, 1.82) is 0 Å². The van der Waals surface area contributed by atoms with Gasteiger partial charge in [-0.2, -0.15) is 0 Å². The SMILES string of the molecule is CCC(CNC)Cc1ccc(OC)c(C)c1OC. The van der Waals surface area contributed by atoms with Crippen LogP contribution in [0, 0.1) is 12.8 Å². The average Bonchev–Trinajstić information content (AvgIpc) is 2.38. The molecule has 0 saturated carbocycles. The molecule has 1 aromatic carbocycles. The van der Waals surface area contributed by atoms with Gasteiger partial charge >= 0.3 is 0 Å². The van der Waals surface area contributed by atoms with Crippen LogP contribution < -0.4 is 14.8 Å². The molecule has 1 N–H and O–H groups in total. The molecule has 0 radical (unpaired) electrons. The van der Waals surface area contributed by atoms with Crippen molar-refractivity contribution in [3.8, 4) is 11.5 Å². The molecular weight excluding hydrogens is 226 g/mol. The van der Waals surface area contributed by atoms with Gasteiger partial charge in [0.05, 0.1) is 14.2 Å². The minimum absolute atomic E-state index is 0.636. The maximum absolute atomic E-state index is 5.54. The minimum Gasteiger partial charge on any atom is -0.496 e. The zero-order chi connectivity index (χ0) is 13.5. The first-order valence-corrected chi connectivity index (χ1v) is 6.52. The highest BCUT2D eigenvalue weighted by atomic mass is 16.5. The van der Waals surface area contributed by atoms with Crippen molar-refractivity contribution < 1.29 is 9.47 Å². The van der Waals surface area contributed by atoms with Gasteiger partial charge in [-0.25, -0.2) is 0 Å². The topological polar surface area (TPSA) is 30.5 Å². The minimum atomic E-state index is 0.636. The largest absolute Gasteiger partial charge is 0.496 e. The van der Waals surface area contributed by atoms with Gasteiger partial charge in [-0.1, -0.05) is 19.4 Å². The molecular formula is C15H25NO2. The zero-order valence-corrected chi connectivity index (χ0v) is 12.2. The Labute approximate surface area is 110 Å². The number of benzene rings is 1. The van der Waals surface area contributed by atoms with Crippen LogP contribution in [0.25, 0.3) is 0 Å². The van der Waals surface area contributed by atoms with Crippen LogP contribution in [0.15, 0.2) is 12.1 Å². The Morgan fingerprint density at radius 3 is 2.44 bits per heavy atom. The third kappa shape index (κ3) is 3.39. The second kappa shape index (κ2) is 7.27. The summed E-state index contributed by atoms with van der Waals surface area (Å²) >= 11 is 0.